The number of hydrogen-bond acceptors (Lipinski definition) is 3. The van der Waals surface area contributed by atoms with Gasteiger partial charge in [-0.2, -0.15) is 0 Å². The fraction of sp³-hybridized carbons (Fsp3) is 0.500. The van der Waals surface area contributed by atoms with Crippen molar-refractivity contribution in [3.63, 3.8) is 0 Å². The molecule has 2 unspecified atom stereocenters. The SMILES string of the molecule is CCCC(C(=O)OCC)C(O)c1ccc(Br)c(Cl)c1. The third kappa shape index (κ3) is 4.48. The number of aliphatic hydroxyl groups excluding tert-OH is 1. The highest BCUT2D eigenvalue weighted by atomic mass is 79.9. The molecule has 0 amide bonds. The topological polar surface area (TPSA) is 46.5 Å². The fourth-order valence-electron chi connectivity index (χ4n) is 1.89. The average molecular weight is 350 g/mol. The van der Waals surface area contributed by atoms with Gasteiger partial charge in [0.05, 0.1) is 23.7 Å². The quantitative estimate of drug-likeness (QED) is 0.786. The Hall–Kier alpha value is -0.580. The minimum absolute atomic E-state index is 0.312. The highest BCUT2D eigenvalue weighted by Gasteiger charge is 2.28. The average Bonchev–Trinajstić information content (AvgIpc) is 2.38. The largest absolute Gasteiger partial charge is 0.466 e. The molecule has 0 saturated carbocycles. The number of rotatable bonds is 6. The smallest absolute Gasteiger partial charge is 0.311 e. The molecule has 0 radical (unpaired) electrons. The van der Waals surface area contributed by atoms with Crippen molar-refractivity contribution < 1.29 is 14.6 Å². The zero-order chi connectivity index (χ0) is 14.4. The summed E-state index contributed by atoms with van der Waals surface area (Å²) in [6.07, 6.45) is 0.475. The molecule has 2 atom stereocenters. The summed E-state index contributed by atoms with van der Waals surface area (Å²) >= 11 is 9.30. The number of hydrogen-bond donors (Lipinski definition) is 1. The van der Waals surface area contributed by atoms with Crippen LogP contribution in [0.2, 0.25) is 5.02 Å². The number of carbonyl (C=O) groups is 1. The second kappa shape index (κ2) is 7.88. The van der Waals surface area contributed by atoms with E-state index in [9.17, 15) is 9.90 Å². The van der Waals surface area contributed by atoms with Gasteiger partial charge in [0.2, 0.25) is 0 Å². The van der Waals surface area contributed by atoms with Gasteiger partial charge in [-0.15, -0.1) is 0 Å². The lowest BCUT2D eigenvalue weighted by atomic mass is 9.92. The van der Waals surface area contributed by atoms with E-state index in [1.165, 1.54) is 0 Å². The van der Waals surface area contributed by atoms with E-state index >= 15 is 0 Å². The van der Waals surface area contributed by atoms with Crippen LogP contribution in [0.15, 0.2) is 22.7 Å². The standard InChI is InChI=1S/C14H18BrClO3/c1-3-5-10(14(18)19-4-2)13(17)9-6-7-11(15)12(16)8-9/h6-8,10,13,17H,3-5H2,1-2H3. The maximum atomic E-state index is 11.9. The van der Waals surface area contributed by atoms with Crippen molar-refractivity contribution in [2.45, 2.75) is 32.8 Å². The zero-order valence-corrected chi connectivity index (χ0v) is 13.4. The van der Waals surface area contributed by atoms with Gasteiger partial charge < -0.3 is 9.84 Å². The summed E-state index contributed by atoms with van der Waals surface area (Å²) in [6, 6.07) is 5.18. The first-order valence-corrected chi connectivity index (χ1v) is 7.48. The van der Waals surface area contributed by atoms with Crippen LogP contribution in [-0.4, -0.2) is 17.7 Å². The molecule has 106 valence electrons. The van der Waals surface area contributed by atoms with Gasteiger partial charge in [0.1, 0.15) is 0 Å². The lowest BCUT2D eigenvalue weighted by molar-refractivity contribution is -0.152. The van der Waals surface area contributed by atoms with Gasteiger partial charge in [-0.1, -0.05) is 31.0 Å². The molecular weight excluding hydrogens is 332 g/mol. The Labute approximate surface area is 127 Å². The molecule has 1 aromatic rings. The summed E-state index contributed by atoms with van der Waals surface area (Å²) in [5.74, 6) is -0.918. The van der Waals surface area contributed by atoms with Crippen molar-refractivity contribution in [1.29, 1.82) is 0 Å². The van der Waals surface area contributed by atoms with Crippen molar-refractivity contribution in [3.8, 4) is 0 Å². The van der Waals surface area contributed by atoms with E-state index in [4.69, 9.17) is 16.3 Å². The van der Waals surface area contributed by atoms with Gasteiger partial charge in [-0.05, 0) is 47.0 Å². The number of benzene rings is 1. The van der Waals surface area contributed by atoms with E-state index in [0.717, 1.165) is 10.9 Å². The number of carbonyl (C=O) groups excluding carboxylic acids is 1. The molecule has 0 aliphatic heterocycles. The van der Waals surface area contributed by atoms with Gasteiger partial charge in [0.15, 0.2) is 0 Å². The Morgan fingerprint density at radius 1 is 1.47 bits per heavy atom. The van der Waals surface area contributed by atoms with Crippen LogP contribution in [-0.2, 0) is 9.53 Å². The molecule has 1 N–H and O–H groups in total. The van der Waals surface area contributed by atoms with Crippen molar-refractivity contribution in [3.05, 3.63) is 33.3 Å². The molecule has 0 spiro atoms. The summed E-state index contributed by atoms with van der Waals surface area (Å²) < 4.78 is 5.77. The molecule has 0 saturated heterocycles. The second-order valence-electron chi connectivity index (χ2n) is 4.27. The molecule has 0 fully saturated rings. The van der Waals surface area contributed by atoms with Crippen molar-refractivity contribution >= 4 is 33.5 Å². The molecule has 0 bridgehead atoms. The van der Waals surface area contributed by atoms with Crippen LogP contribution in [0.1, 0.15) is 38.4 Å². The minimum atomic E-state index is -0.899. The van der Waals surface area contributed by atoms with Gasteiger partial charge in [-0.3, -0.25) is 4.79 Å². The monoisotopic (exact) mass is 348 g/mol. The predicted octanol–water partition coefficient (Wildman–Crippen LogP) is 4.12. The summed E-state index contributed by atoms with van der Waals surface area (Å²) in [6.45, 7) is 4.03. The molecule has 0 aliphatic rings. The van der Waals surface area contributed by atoms with Crippen LogP contribution in [0.25, 0.3) is 0 Å². The van der Waals surface area contributed by atoms with Crippen molar-refractivity contribution in [2.24, 2.45) is 5.92 Å². The molecule has 0 heterocycles. The molecule has 0 aliphatic carbocycles. The third-order valence-corrected chi connectivity index (χ3v) is 4.09. The summed E-state index contributed by atoms with van der Waals surface area (Å²) in [5.41, 5.74) is 0.625. The molecule has 5 heteroatoms. The summed E-state index contributed by atoms with van der Waals surface area (Å²) in [4.78, 5) is 11.9. The normalized spacial score (nSPS) is 13.9. The first-order chi connectivity index (χ1) is 9.01. The first kappa shape index (κ1) is 16.5. The summed E-state index contributed by atoms with van der Waals surface area (Å²) in [5, 5.41) is 10.9. The van der Waals surface area contributed by atoms with Gasteiger partial charge in [-0.25, -0.2) is 0 Å². The Balaban J connectivity index is 2.94. The van der Waals surface area contributed by atoms with E-state index in [0.29, 0.717) is 23.6 Å². The number of esters is 1. The Morgan fingerprint density at radius 3 is 2.68 bits per heavy atom. The number of aliphatic hydroxyl groups is 1. The van der Waals surface area contributed by atoms with E-state index in [-0.39, 0.29) is 5.97 Å². The second-order valence-corrected chi connectivity index (χ2v) is 5.53. The Morgan fingerprint density at radius 2 is 2.16 bits per heavy atom. The molecule has 1 rings (SSSR count). The van der Waals surface area contributed by atoms with Crippen LogP contribution in [0.3, 0.4) is 0 Å². The molecule has 0 aromatic heterocycles. The van der Waals surface area contributed by atoms with E-state index in [1.54, 1.807) is 25.1 Å². The van der Waals surface area contributed by atoms with Crippen LogP contribution >= 0.6 is 27.5 Å². The highest BCUT2D eigenvalue weighted by molar-refractivity contribution is 9.10. The van der Waals surface area contributed by atoms with Crippen LogP contribution in [0, 0.1) is 5.92 Å². The van der Waals surface area contributed by atoms with E-state index in [1.807, 2.05) is 6.92 Å². The van der Waals surface area contributed by atoms with E-state index < -0.39 is 12.0 Å². The third-order valence-electron chi connectivity index (χ3n) is 2.86. The summed E-state index contributed by atoms with van der Waals surface area (Å²) in [7, 11) is 0. The molecular formula is C14H18BrClO3. The highest BCUT2D eigenvalue weighted by Crippen LogP contribution is 2.31. The molecule has 1 aromatic carbocycles. The maximum Gasteiger partial charge on any atom is 0.311 e. The van der Waals surface area contributed by atoms with Crippen LogP contribution < -0.4 is 0 Å². The lowest BCUT2D eigenvalue weighted by Crippen LogP contribution is -2.24. The fourth-order valence-corrected chi connectivity index (χ4v) is 2.33. The zero-order valence-electron chi connectivity index (χ0n) is 11.0. The van der Waals surface area contributed by atoms with Crippen molar-refractivity contribution in [2.75, 3.05) is 6.61 Å². The van der Waals surface area contributed by atoms with E-state index in [2.05, 4.69) is 15.9 Å². The maximum absolute atomic E-state index is 11.9. The van der Waals surface area contributed by atoms with Gasteiger partial charge in [0, 0.05) is 4.47 Å². The first-order valence-electron chi connectivity index (χ1n) is 6.30. The minimum Gasteiger partial charge on any atom is -0.466 e. The van der Waals surface area contributed by atoms with Gasteiger partial charge in [0.25, 0.3) is 0 Å². The van der Waals surface area contributed by atoms with Crippen LogP contribution in [0.5, 0.6) is 0 Å². The van der Waals surface area contributed by atoms with Crippen molar-refractivity contribution in [1.82, 2.24) is 0 Å². The van der Waals surface area contributed by atoms with Gasteiger partial charge >= 0.3 is 5.97 Å². The lowest BCUT2D eigenvalue weighted by Gasteiger charge is -2.21. The Kier molecular flexibility index (Phi) is 6.83. The molecule has 3 nitrogen and oxygen atoms in total. The Bertz CT molecular complexity index is 437. The predicted molar refractivity (Wildman–Crippen MR) is 79.1 cm³/mol. The van der Waals surface area contributed by atoms with Crippen LogP contribution in [0.4, 0.5) is 0 Å². The number of ether oxygens (including phenoxy) is 1. The number of halogens is 2. The molecule has 19 heavy (non-hydrogen) atoms.